The number of benzene rings is 1. The van der Waals surface area contributed by atoms with Crippen LogP contribution in [0.5, 0.6) is 11.5 Å². The highest BCUT2D eigenvalue weighted by Gasteiger charge is 2.62. The summed E-state index contributed by atoms with van der Waals surface area (Å²) >= 11 is 8.33. The summed E-state index contributed by atoms with van der Waals surface area (Å²) in [5.74, 6) is -0.0237. The molecule has 2 saturated carbocycles. The van der Waals surface area contributed by atoms with E-state index in [1.165, 1.54) is 11.3 Å². The molecule has 2 saturated heterocycles. The van der Waals surface area contributed by atoms with E-state index in [0.717, 1.165) is 5.69 Å². The fraction of sp³-hybridized carbons (Fsp3) is 0.605. The topological polar surface area (TPSA) is 157 Å². The minimum absolute atomic E-state index is 0.0347. The molecule has 7 rings (SSSR count). The molecule has 0 bridgehead atoms. The molecule has 6 atom stereocenters. The van der Waals surface area contributed by atoms with Crippen LogP contribution in [-0.4, -0.2) is 84.0 Å². The number of rotatable bonds is 13. The van der Waals surface area contributed by atoms with E-state index < -0.39 is 50.8 Å². The maximum Gasteiger partial charge on any atom is 0.240 e. The first-order valence-electron chi connectivity index (χ1n) is 18.6. The van der Waals surface area contributed by atoms with E-state index in [1.807, 2.05) is 38.3 Å². The molecule has 12 nitrogen and oxygen atoms in total. The Balaban J connectivity index is 1.24. The number of ketones is 1. The molecule has 2 aliphatic heterocycles. The summed E-state index contributed by atoms with van der Waals surface area (Å²) < 4.78 is 40.3. The Morgan fingerprint density at radius 2 is 1.91 bits per heavy atom. The molecule has 2 amide bonds. The van der Waals surface area contributed by atoms with Crippen LogP contribution in [0, 0.1) is 17.3 Å². The van der Waals surface area contributed by atoms with Crippen molar-refractivity contribution in [3.8, 4) is 22.2 Å². The van der Waals surface area contributed by atoms with Gasteiger partial charge in [-0.2, -0.15) is 0 Å². The van der Waals surface area contributed by atoms with Gasteiger partial charge in [0.15, 0.2) is 5.78 Å². The lowest BCUT2D eigenvalue weighted by molar-refractivity contribution is -0.142. The molecular weight excluding hydrogens is 738 g/mol. The van der Waals surface area contributed by atoms with Gasteiger partial charge in [0.2, 0.25) is 21.8 Å². The number of hydrogen-bond acceptors (Lipinski definition) is 11. The van der Waals surface area contributed by atoms with Crippen molar-refractivity contribution in [3.05, 3.63) is 34.3 Å². The molecule has 2 aliphatic carbocycles. The maximum atomic E-state index is 14.5. The molecule has 15 heteroatoms. The van der Waals surface area contributed by atoms with Gasteiger partial charge in [0.25, 0.3) is 0 Å². The highest BCUT2D eigenvalue weighted by molar-refractivity contribution is 7.90. The van der Waals surface area contributed by atoms with Gasteiger partial charge in [-0.3, -0.25) is 19.1 Å². The van der Waals surface area contributed by atoms with E-state index in [4.69, 9.17) is 31.0 Å². The molecule has 2 aromatic heterocycles. The number of methoxy groups -OCH3 is 1. The number of nitrogens with zero attached hydrogens (tertiary/aromatic N) is 3. The zero-order valence-electron chi connectivity index (χ0n) is 31.0. The van der Waals surface area contributed by atoms with Crippen molar-refractivity contribution in [2.45, 2.75) is 115 Å². The summed E-state index contributed by atoms with van der Waals surface area (Å²) in [7, 11) is -2.25. The molecule has 1 unspecified atom stereocenters. The number of carbonyl (C=O) groups excluding carboxylic acids is 3. The molecule has 286 valence electrons. The number of carbonyl (C=O) groups is 3. The highest BCUT2D eigenvalue weighted by Crippen LogP contribution is 2.58. The van der Waals surface area contributed by atoms with E-state index in [2.05, 4.69) is 23.9 Å². The lowest BCUT2D eigenvalue weighted by atomic mass is 9.90. The van der Waals surface area contributed by atoms with Crippen LogP contribution in [0.4, 0.5) is 0 Å². The van der Waals surface area contributed by atoms with E-state index in [1.54, 1.807) is 18.1 Å². The minimum atomic E-state index is -3.79. The van der Waals surface area contributed by atoms with Crippen LogP contribution >= 0.6 is 22.9 Å². The Morgan fingerprint density at radius 3 is 2.53 bits per heavy atom. The van der Waals surface area contributed by atoms with Crippen molar-refractivity contribution in [3.63, 3.8) is 0 Å². The maximum absolute atomic E-state index is 14.5. The second-order valence-electron chi connectivity index (χ2n) is 15.7. The van der Waals surface area contributed by atoms with Crippen molar-refractivity contribution in [2.75, 3.05) is 13.7 Å². The Bertz CT molecular complexity index is 2050. The lowest BCUT2D eigenvalue weighted by Crippen LogP contribution is -2.53. The summed E-state index contributed by atoms with van der Waals surface area (Å²) in [5, 5.41) is 6.53. The SMILES string of the molecule is CC[C@@H]1C[C@]1(CC(=O)[C@@H]1C[C@@H](Oc2cc(-c3nc(C(C)C)cs3)nc3c(Cl)c(OC)ccc23)[C@H]2CCNC(C(C)C)C(=O)N21)C(=O)NS(=O)(=O)C1CC1. The van der Waals surface area contributed by atoms with E-state index in [9.17, 15) is 22.8 Å². The minimum Gasteiger partial charge on any atom is -0.495 e. The van der Waals surface area contributed by atoms with Gasteiger partial charge in [0.05, 0.1) is 47.1 Å². The fourth-order valence-electron chi connectivity index (χ4n) is 8.13. The van der Waals surface area contributed by atoms with Gasteiger partial charge >= 0.3 is 0 Å². The quantitative estimate of drug-likeness (QED) is 0.215. The lowest BCUT2D eigenvalue weighted by Gasteiger charge is -2.32. The number of nitrogens with one attached hydrogen (secondary N) is 2. The van der Waals surface area contributed by atoms with Crippen LogP contribution in [-0.2, 0) is 24.4 Å². The normalized spacial score (nSPS) is 27.2. The largest absolute Gasteiger partial charge is 0.495 e. The number of ether oxygens (including phenoxy) is 2. The van der Waals surface area contributed by atoms with Crippen molar-refractivity contribution in [1.29, 1.82) is 0 Å². The fourth-order valence-corrected chi connectivity index (χ4v) is 10.7. The molecule has 53 heavy (non-hydrogen) atoms. The molecule has 3 aromatic rings. The van der Waals surface area contributed by atoms with Gasteiger partial charge in [-0.05, 0) is 62.1 Å². The summed E-state index contributed by atoms with van der Waals surface area (Å²) in [4.78, 5) is 54.0. The van der Waals surface area contributed by atoms with Crippen LogP contribution in [0.25, 0.3) is 21.6 Å². The number of thiazole rings is 1. The zero-order chi connectivity index (χ0) is 38.0. The monoisotopic (exact) mass is 785 g/mol. The Hall–Kier alpha value is -3.33. The number of amides is 2. The van der Waals surface area contributed by atoms with E-state index in [0.29, 0.717) is 76.8 Å². The Labute approximate surface area is 319 Å². The first kappa shape index (κ1) is 38.0. The van der Waals surface area contributed by atoms with Crippen molar-refractivity contribution in [1.82, 2.24) is 24.9 Å². The van der Waals surface area contributed by atoms with Crippen molar-refractivity contribution < 1.29 is 32.3 Å². The molecule has 4 aliphatic rings. The van der Waals surface area contributed by atoms with Gasteiger partial charge in [0.1, 0.15) is 33.3 Å². The molecule has 0 spiro atoms. The molecule has 0 radical (unpaired) electrons. The standard InChI is InChI=1S/C38H48ClN5O7S2/c1-7-21-16-38(21,37(47)43-53(48,49)22-8-9-22)17-28(45)27-15-31(26-12-13-40-33(20(4)5)36(46)44(26)27)51-30-14-24(35-42-25(18-52-35)19(2)3)41-34-23(30)10-11-29(50-6)32(34)39/h10-11,14,18-22,26-27,31,33,40H,7-9,12-13,15-17H2,1-6H3,(H,43,47)/t21-,26-,27+,31-,33?,38-/m1/s1. The zero-order valence-corrected chi connectivity index (χ0v) is 33.4. The van der Waals surface area contributed by atoms with E-state index in [-0.39, 0.29) is 42.3 Å². The Morgan fingerprint density at radius 1 is 1.15 bits per heavy atom. The average molecular weight is 786 g/mol. The number of pyridine rings is 1. The summed E-state index contributed by atoms with van der Waals surface area (Å²) in [6.07, 6.45) is 2.13. The third kappa shape index (κ3) is 7.04. The second kappa shape index (κ2) is 14.4. The Kier molecular flexibility index (Phi) is 10.3. The third-order valence-corrected chi connectivity index (χ3v) is 14.6. The molecule has 4 heterocycles. The molecular formula is C38H48ClN5O7S2. The number of fused-ring (bicyclic) bond motifs is 2. The first-order valence-corrected chi connectivity index (χ1v) is 21.4. The smallest absolute Gasteiger partial charge is 0.240 e. The number of sulfonamides is 1. The van der Waals surface area contributed by atoms with Crippen LogP contribution in [0.2, 0.25) is 5.02 Å². The van der Waals surface area contributed by atoms with Gasteiger partial charge in [-0.25, -0.2) is 18.4 Å². The van der Waals surface area contributed by atoms with Crippen LogP contribution in [0.3, 0.4) is 0 Å². The number of hydrogen-bond donors (Lipinski definition) is 2. The van der Waals surface area contributed by atoms with Crippen LogP contribution in [0.1, 0.15) is 91.2 Å². The van der Waals surface area contributed by atoms with E-state index >= 15 is 0 Å². The van der Waals surface area contributed by atoms with Gasteiger partial charge < -0.3 is 19.7 Å². The molecule has 2 N–H and O–H groups in total. The highest BCUT2D eigenvalue weighted by atomic mass is 35.5. The third-order valence-electron chi connectivity index (χ3n) is 11.5. The predicted octanol–water partition coefficient (Wildman–Crippen LogP) is 5.86. The number of Topliss-reactive ketones (excluding diaryl/α,β-unsaturated/α-hetero) is 1. The van der Waals surface area contributed by atoms with Gasteiger partial charge in [0, 0.05) is 29.7 Å². The predicted molar refractivity (Wildman–Crippen MR) is 204 cm³/mol. The molecule has 1 aromatic carbocycles. The van der Waals surface area contributed by atoms with Gasteiger partial charge in [-0.1, -0.05) is 52.6 Å². The number of aromatic nitrogens is 2. The average Bonchev–Trinajstić information content (AvgIpc) is 4.02. The molecule has 4 fully saturated rings. The van der Waals surface area contributed by atoms with Crippen molar-refractivity contribution >= 4 is 61.5 Å². The van der Waals surface area contributed by atoms with Crippen LogP contribution < -0.4 is 19.5 Å². The number of halogens is 1. The summed E-state index contributed by atoms with van der Waals surface area (Å²) in [5.41, 5.74) is 0.880. The summed E-state index contributed by atoms with van der Waals surface area (Å²) in [6.45, 7) is 10.6. The van der Waals surface area contributed by atoms with Gasteiger partial charge in [-0.15, -0.1) is 11.3 Å². The van der Waals surface area contributed by atoms with Crippen LogP contribution in [0.15, 0.2) is 23.6 Å². The van der Waals surface area contributed by atoms with Crippen molar-refractivity contribution in [2.24, 2.45) is 17.3 Å². The first-order chi connectivity index (χ1) is 25.2. The second-order valence-corrected chi connectivity index (χ2v) is 18.9. The summed E-state index contributed by atoms with van der Waals surface area (Å²) in [6, 6.07) is 3.64.